The normalized spacial score (nSPS) is 10.3. The van der Waals surface area contributed by atoms with Crippen LogP contribution in [0.2, 0.25) is 0 Å². The molecule has 1 N–H and O–H groups in total. The summed E-state index contributed by atoms with van der Waals surface area (Å²) >= 11 is 0. The first kappa shape index (κ1) is 12.1. The van der Waals surface area contributed by atoms with E-state index in [0.717, 1.165) is 31.7 Å². The zero-order valence-corrected chi connectivity index (χ0v) is 9.97. The molecule has 1 aromatic rings. The minimum absolute atomic E-state index is 0.801. The molecule has 0 fully saturated rings. The van der Waals surface area contributed by atoms with Crippen LogP contribution >= 0.6 is 0 Å². The molecule has 0 aliphatic rings. The molecule has 0 aliphatic heterocycles. The van der Waals surface area contributed by atoms with Crippen LogP contribution in [0.1, 0.15) is 24.5 Å². The van der Waals surface area contributed by atoms with Crippen LogP contribution in [0.5, 0.6) is 5.75 Å². The van der Waals surface area contributed by atoms with Crippen molar-refractivity contribution in [1.82, 2.24) is 5.32 Å². The molecule has 0 amide bonds. The van der Waals surface area contributed by atoms with Gasteiger partial charge in [-0.2, -0.15) is 0 Å². The molecule has 2 nitrogen and oxygen atoms in total. The summed E-state index contributed by atoms with van der Waals surface area (Å²) in [6, 6.07) is 6.40. The summed E-state index contributed by atoms with van der Waals surface area (Å²) in [6.45, 7) is 6.04. The Labute approximate surface area is 92.6 Å². The second kappa shape index (κ2) is 6.46. The van der Waals surface area contributed by atoms with E-state index in [2.05, 4.69) is 37.4 Å². The first-order chi connectivity index (χ1) is 7.27. The van der Waals surface area contributed by atoms with Gasteiger partial charge in [0.15, 0.2) is 0 Å². The number of likely N-dealkylation sites (N-methyl/N-ethyl adjacent to an activating group) is 1. The fraction of sp³-hybridized carbons (Fsp3) is 0.538. The molecular weight excluding hydrogens is 186 g/mol. The third-order valence-electron chi connectivity index (χ3n) is 2.32. The number of hydrogen-bond acceptors (Lipinski definition) is 2. The molecule has 0 unspecified atom stereocenters. The van der Waals surface area contributed by atoms with Crippen LogP contribution in [0.4, 0.5) is 0 Å². The molecule has 15 heavy (non-hydrogen) atoms. The average molecular weight is 207 g/mol. The summed E-state index contributed by atoms with van der Waals surface area (Å²) in [4.78, 5) is 0. The van der Waals surface area contributed by atoms with Gasteiger partial charge in [0.2, 0.25) is 0 Å². The highest BCUT2D eigenvalue weighted by Gasteiger charge is 2.03. The molecule has 0 aromatic heterocycles. The van der Waals surface area contributed by atoms with E-state index < -0.39 is 0 Å². The van der Waals surface area contributed by atoms with Gasteiger partial charge in [-0.1, -0.05) is 24.6 Å². The monoisotopic (exact) mass is 207 g/mol. The fourth-order valence-electron chi connectivity index (χ4n) is 1.52. The first-order valence-electron chi connectivity index (χ1n) is 5.65. The second-order valence-corrected chi connectivity index (χ2v) is 3.81. The highest BCUT2D eigenvalue weighted by molar-refractivity contribution is 5.37. The van der Waals surface area contributed by atoms with E-state index in [1.807, 2.05) is 7.05 Å². The van der Waals surface area contributed by atoms with Crippen LogP contribution in [0.3, 0.4) is 0 Å². The maximum Gasteiger partial charge on any atom is 0.122 e. The van der Waals surface area contributed by atoms with Crippen LogP contribution in [-0.4, -0.2) is 20.2 Å². The highest BCUT2D eigenvalue weighted by atomic mass is 16.5. The van der Waals surface area contributed by atoms with Crippen molar-refractivity contribution in [3.63, 3.8) is 0 Å². The Morgan fingerprint density at radius 3 is 2.80 bits per heavy atom. The van der Waals surface area contributed by atoms with E-state index in [9.17, 15) is 0 Å². The van der Waals surface area contributed by atoms with Gasteiger partial charge in [0.1, 0.15) is 5.75 Å². The van der Waals surface area contributed by atoms with Gasteiger partial charge in [-0.05, 0) is 45.0 Å². The predicted octanol–water partition coefficient (Wildman–Crippen LogP) is 2.55. The molecule has 84 valence electrons. The quantitative estimate of drug-likeness (QED) is 0.774. The molecule has 0 atom stereocenters. The van der Waals surface area contributed by atoms with Gasteiger partial charge in [0.05, 0.1) is 6.61 Å². The number of benzene rings is 1. The van der Waals surface area contributed by atoms with E-state index in [1.54, 1.807) is 0 Å². The number of nitrogens with one attached hydrogen (secondary N) is 1. The third-order valence-corrected chi connectivity index (χ3v) is 2.32. The fourth-order valence-corrected chi connectivity index (χ4v) is 1.52. The van der Waals surface area contributed by atoms with Crippen LogP contribution < -0.4 is 10.1 Å². The predicted molar refractivity (Wildman–Crippen MR) is 64.6 cm³/mol. The average Bonchev–Trinajstić information content (AvgIpc) is 2.25. The van der Waals surface area contributed by atoms with Gasteiger partial charge < -0.3 is 10.1 Å². The molecule has 2 heteroatoms. The van der Waals surface area contributed by atoms with Crippen LogP contribution in [0.25, 0.3) is 0 Å². The topological polar surface area (TPSA) is 21.3 Å². The van der Waals surface area contributed by atoms with Gasteiger partial charge in [-0.3, -0.25) is 0 Å². The van der Waals surface area contributed by atoms with E-state index in [1.165, 1.54) is 11.1 Å². The van der Waals surface area contributed by atoms with Gasteiger partial charge in [0.25, 0.3) is 0 Å². The lowest BCUT2D eigenvalue weighted by Crippen LogP contribution is -2.11. The van der Waals surface area contributed by atoms with Crippen molar-refractivity contribution >= 4 is 0 Å². The molecule has 0 radical (unpaired) electrons. The van der Waals surface area contributed by atoms with Gasteiger partial charge in [-0.15, -0.1) is 0 Å². The Hall–Kier alpha value is -1.02. The molecule has 1 rings (SSSR count). The lowest BCUT2D eigenvalue weighted by Gasteiger charge is -2.11. The van der Waals surface area contributed by atoms with Crippen molar-refractivity contribution in [1.29, 1.82) is 0 Å². The smallest absolute Gasteiger partial charge is 0.122 e. The third kappa shape index (κ3) is 3.92. The summed E-state index contributed by atoms with van der Waals surface area (Å²) in [5, 5.41) is 3.16. The van der Waals surface area contributed by atoms with E-state index >= 15 is 0 Å². The Bertz CT molecular complexity index is 297. The molecule has 0 aliphatic carbocycles. The van der Waals surface area contributed by atoms with Crippen LogP contribution in [0, 0.1) is 6.92 Å². The van der Waals surface area contributed by atoms with Gasteiger partial charge >= 0.3 is 0 Å². The molecule has 0 saturated heterocycles. The summed E-state index contributed by atoms with van der Waals surface area (Å²) in [6.07, 6.45) is 2.08. The lowest BCUT2D eigenvalue weighted by atomic mass is 10.1. The number of hydrogen-bond donors (Lipinski definition) is 1. The zero-order valence-electron chi connectivity index (χ0n) is 9.97. The maximum absolute atomic E-state index is 5.71. The highest BCUT2D eigenvalue weighted by Crippen LogP contribution is 2.20. The van der Waals surface area contributed by atoms with Crippen LogP contribution in [-0.2, 0) is 6.42 Å². The molecule has 0 heterocycles. The molecule has 0 bridgehead atoms. The largest absolute Gasteiger partial charge is 0.493 e. The van der Waals surface area contributed by atoms with Gasteiger partial charge in [-0.25, -0.2) is 0 Å². The van der Waals surface area contributed by atoms with Crippen molar-refractivity contribution < 1.29 is 4.74 Å². The lowest BCUT2D eigenvalue weighted by molar-refractivity contribution is 0.314. The summed E-state index contributed by atoms with van der Waals surface area (Å²) < 4.78 is 5.71. The Morgan fingerprint density at radius 1 is 1.33 bits per heavy atom. The Kier molecular flexibility index (Phi) is 5.19. The zero-order chi connectivity index (χ0) is 11.1. The minimum Gasteiger partial charge on any atom is -0.493 e. The Morgan fingerprint density at radius 2 is 2.13 bits per heavy atom. The van der Waals surface area contributed by atoms with E-state index in [-0.39, 0.29) is 0 Å². The second-order valence-electron chi connectivity index (χ2n) is 3.81. The molecule has 0 spiro atoms. The standard InChI is InChI=1S/C13H21NO/c1-4-9-15-13-6-5-11(2)10-12(13)7-8-14-3/h5-6,10,14H,4,7-9H2,1-3H3. The Balaban J connectivity index is 2.73. The minimum atomic E-state index is 0.801. The molecule has 0 saturated carbocycles. The number of rotatable bonds is 6. The number of aryl methyl sites for hydroxylation is 1. The summed E-state index contributed by atoms with van der Waals surface area (Å²) in [7, 11) is 1.97. The summed E-state index contributed by atoms with van der Waals surface area (Å²) in [5.41, 5.74) is 2.60. The van der Waals surface area contributed by atoms with Crippen molar-refractivity contribution in [3.05, 3.63) is 29.3 Å². The van der Waals surface area contributed by atoms with Crippen LogP contribution in [0.15, 0.2) is 18.2 Å². The SMILES string of the molecule is CCCOc1ccc(C)cc1CCNC. The van der Waals surface area contributed by atoms with Gasteiger partial charge in [0, 0.05) is 0 Å². The summed E-state index contributed by atoms with van der Waals surface area (Å²) in [5.74, 6) is 1.04. The van der Waals surface area contributed by atoms with E-state index in [4.69, 9.17) is 4.74 Å². The molecule has 1 aromatic carbocycles. The first-order valence-corrected chi connectivity index (χ1v) is 5.65. The van der Waals surface area contributed by atoms with Crippen molar-refractivity contribution in [2.75, 3.05) is 20.2 Å². The van der Waals surface area contributed by atoms with Crippen molar-refractivity contribution in [3.8, 4) is 5.75 Å². The van der Waals surface area contributed by atoms with Crippen molar-refractivity contribution in [2.45, 2.75) is 26.7 Å². The maximum atomic E-state index is 5.71. The van der Waals surface area contributed by atoms with E-state index in [0.29, 0.717) is 0 Å². The molecular formula is C13H21NO. The van der Waals surface area contributed by atoms with Crippen molar-refractivity contribution in [2.24, 2.45) is 0 Å². The number of ether oxygens (including phenoxy) is 1.